The SMILES string of the molecule is O=C(Nc1ccc(C(=O)Nc2ccccc2C(=O)NC2CC2)cc1)c1ccccc1. The Labute approximate surface area is 174 Å². The van der Waals surface area contributed by atoms with Gasteiger partial charge in [-0.2, -0.15) is 0 Å². The molecule has 150 valence electrons. The molecule has 1 aliphatic carbocycles. The molecule has 0 aromatic heterocycles. The average molecular weight is 399 g/mol. The van der Waals surface area contributed by atoms with E-state index in [9.17, 15) is 14.4 Å². The van der Waals surface area contributed by atoms with Gasteiger partial charge < -0.3 is 16.0 Å². The molecule has 0 spiro atoms. The number of anilines is 2. The fourth-order valence-corrected chi connectivity index (χ4v) is 2.97. The number of hydrogen-bond acceptors (Lipinski definition) is 3. The fourth-order valence-electron chi connectivity index (χ4n) is 2.97. The lowest BCUT2D eigenvalue weighted by Gasteiger charge is -2.11. The van der Waals surface area contributed by atoms with Crippen molar-refractivity contribution in [1.29, 1.82) is 0 Å². The molecule has 30 heavy (non-hydrogen) atoms. The van der Waals surface area contributed by atoms with Crippen molar-refractivity contribution in [2.45, 2.75) is 18.9 Å². The van der Waals surface area contributed by atoms with Crippen LogP contribution >= 0.6 is 0 Å². The van der Waals surface area contributed by atoms with Crippen molar-refractivity contribution in [2.24, 2.45) is 0 Å². The molecule has 0 radical (unpaired) electrons. The van der Waals surface area contributed by atoms with E-state index in [4.69, 9.17) is 0 Å². The van der Waals surface area contributed by atoms with Crippen molar-refractivity contribution in [3.8, 4) is 0 Å². The van der Waals surface area contributed by atoms with Gasteiger partial charge in [-0.15, -0.1) is 0 Å². The van der Waals surface area contributed by atoms with E-state index in [2.05, 4.69) is 16.0 Å². The number of hydrogen-bond donors (Lipinski definition) is 3. The van der Waals surface area contributed by atoms with Crippen LogP contribution in [0.4, 0.5) is 11.4 Å². The van der Waals surface area contributed by atoms with Crippen molar-refractivity contribution in [2.75, 3.05) is 10.6 Å². The van der Waals surface area contributed by atoms with Crippen LogP contribution in [-0.4, -0.2) is 23.8 Å². The van der Waals surface area contributed by atoms with Gasteiger partial charge in [0.25, 0.3) is 17.7 Å². The maximum Gasteiger partial charge on any atom is 0.255 e. The molecule has 0 atom stereocenters. The molecule has 6 nitrogen and oxygen atoms in total. The zero-order chi connectivity index (χ0) is 20.9. The van der Waals surface area contributed by atoms with E-state index in [-0.39, 0.29) is 23.8 Å². The van der Waals surface area contributed by atoms with E-state index < -0.39 is 0 Å². The standard InChI is InChI=1S/C24H21N3O3/c28-22(16-6-2-1-3-7-16)25-18-12-10-17(11-13-18)23(29)27-21-9-5-4-8-20(21)24(30)26-19-14-15-19/h1-13,19H,14-15H2,(H,25,28)(H,26,30)(H,27,29). The Kier molecular flexibility index (Phi) is 5.57. The largest absolute Gasteiger partial charge is 0.349 e. The number of carbonyl (C=O) groups excluding carboxylic acids is 3. The van der Waals surface area contributed by atoms with Gasteiger partial charge in [-0.3, -0.25) is 14.4 Å². The van der Waals surface area contributed by atoms with Gasteiger partial charge in [-0.25, -0.2) is 0 Å². The zero-order valence-corrected chi connectivity index (χ0v) is 16.2. The Morgan fingerprint density at radius 3 is 1.93 bits per heavy atom. The van der Waals surface area contributed by atoms with E-state index in [1.165, 1.54) is 0 Å². The van der Waals surface area contributed by atoms with Crippen LogP contribution in [0.25, 0.3) is 0 Å². The Morgan fingerprint density at radius 2 is 1.23 bits per heavy atom. The monoisotopic (exact) mass is 399 g/mol. The highest BCUT2D eigenvalue weighted by atomic mass is 16.2. The summed E-state index contributed by atoms with van der Waals surface area (Å²) >= 11 is 0. The summed E-state index contributed by atoms with van der Waals surface area (Å²) in [4.78, 5) is 37.3. The second-order valence-electron chi connectivity index (χ2n) is 7.14. The number of benzene rings is 3. The summed E-state index contributed by atoms with van der Waals surface area (Å²) in [5.74, 6) is -0.738. The smallest absolute Gasteiger partial charge is 0.255 e. The van der Waals surface area contributed by atoms with Crippen molar-refractivity contribution in [3.05, 3.63) is 95.6 Å². The Bertz CT molecular complexity index is 1070. The first-order chi connectivity index (χ1) is 14.6. The Hall–Kier alpha value is -3.93. The molecule has 0 unspecified atom stereocenters. The molecular weight excluding hydrogens is 378 g/mol. The number of amides is 3. The molecule has 4 rings (SSSR count). The molecule has 6 heteroatoms. The van der Waals surface area contributed by atoms with Gasteiger partial charge in [0, 0.05) is 22.9 Å². The van der Waals surface area contributed by atoms with Crippen LogP contribution < -0.4 is 16.0 Å². The summed E-state index contributed by atoms with van der Waals surface area (Å²) in [6, 6.07) is 22.7. The lowest BCUT2D eigenvalue weighted by Crippen LogP contribution is -2.27. The first kappa shape index (κ1) is 19.4. The normalized spacial score (nSPS) is 12.7. The summed E-state index contributed by atoms with van der Waals surface area (Å²) in [5, 5.41) is 8.53. The first-order valence-corrected chi connectivity index (χ1v) is 9.78. The third-order valence-corrected chi connectivity index (χ3v) is 4.77. The summed E-state index contributed by atoms with van der Waals surface area (Å²) in [6.45, 7) is 0. The Morgan fingerprint density at radius 1 is 0.633 bits per heavy atom. The van der Waals surface area contributed by atoms with E-state index in [1.54, 1.807) is 72.8 Å². The minimum atomic E-state index is -0.331. The molecule has 3 aromatic carbocycles. The maximum absolute atomic E-state index is 12.6. The quantitative estimate of drug-likeness (QED) is 0.584. The summed E-state index contributed by atoms with van der Waals surface area (Å²) in [6.07, 6.45) is 1.99. The van der Waals surface area contributed by atoms with Crippen LogP contribution in [0.15, 0.2) is 78.9 Å². The second kappa shape index (κ2) is 8.61. The molecule has 1 aliphatic rings. The molecule has 1 saturated carbocycles. The van der Waals surface area contributed by atoms with E-state index in [1.807, 2.05) is 6.07 Å². The van der Waals surface area contributed by atoms with Gasteiger partial charge in [0.15, 0.2) is 0 Å². The topological polar surface area (TPSA) is 87.3 Å². The molecule has 0 bridgehead atoms. The van der Waals surface area contributed by atoms with Crippen LogP contribution in [0.1, 0.15) is 43.9 Å². The Balaban J connectivity index is 1.42. The molecule has 3 aromatic rings. The van der Waals surface area contributed by atoms with E-state index in [0.717, 1.165) is 12.8 Å². The van der Waals surface area contributed by atoms with Crippen LogP contribution in [-0.2, 0) is 0 Å². The lowest BCUT2D eigenvalue weighted by molar-refractivity contribution is 0.0951. The molecular formula is C24H21N3O3. The van der Waals surface area contributed by atoms with Crippen LogP contribution in [0.2, 0.25) is 0 Å². The highest BCUT2D eigenvalue weighted by Crippen LogP contribution is 2.22. The van der Waals surface area contributed by atoms with E-state index in [0.29, 0.717) is 28.1 Å². The number of carbonyl (C=O) groups is 3. The predicted molar refractivity (Wildman–Crippen MR) is 116 cm³/mol. The third-order valence-electron chi connectivity index (χ3n) is 4.77. The molecule has 3 N–H and O–H groups in total. The number of rotatable bonds is 6. The number of nitrogens with one attached hydrogen (secondary N) is 3. The second-order valence-corrected chi connectivity index (χ2v) is 7.14. The highest BCUT2D eigenvalue weighted by Gasteiger charge is 2.25. The molecule has 0 aliphatic heterocycles. The van der Waals surface area contributed by atoms with E-state index >= 15 is 0 Å². The summed E-state index contributed by atoms with van der Waals surface area (Å²) in [5.41, 5.74) is 2.46. The van der Waals surface area contributed by atoms with Crippen molar-refractivity contribution in [1.82, 2.24) is 5.32 Å². The number of para-hydroxylation sites is 1. The summed E-state index contributed by atoms with van der Waals surface area (Å²) in [7, 11) is 0. The van der Waals surface area contributed by atoms with Crippen LogP contribution in [0, 0.1) is 0 Å². The van der Waals surface area contributed by atoms with Crippen LogP contribution in [0.5, 0.6) is 0 Å². The molecule has 3 amide bonds. The third kappa shape index (κ3) is 4.72. The molecule has 0 heterocycles. The lowest BCUT2D eigenvalue weighted by atomic mass is 10.1. The zero-order valence-electron chi connectivity index (χ0n) is 16.2. The van der Waals surface area contributed by atoms with Crippen LogP contribution in [0.3, 0.4) is 0 Å². The maximum atomic E-state index is 12.6. The summed E-state index contributed by atoms with van der Waals surface area (Å²) < 4.78 is 0. The average Bonchev–Trinajstić information content (AvgIpc) is 3.59. The molecule has 0 saturated heterocycles. The minimum Gasteiger partial charge on any atom is -0.349 e. The minimum absolute atomic E-state index is 0.188. The van der Waals surface area contributed by atoms with Crippen molar-refractivity contribution in [3.63, 3.8) is 0 Å². The fraction of sp³-hybridized carbons (Fsp3) is 0.125. The van der Waals surface area contributed by atoms with Gasteiger partial charge in [-0.05, 0) is 61.4 Å². The van der Waals surface area contributed by atoms with Crippen molar-refractivity contribution >= 4 is 29.1 Å². The van der Waals surface area contributed by atoms with Crippen molar-refractivity contribution < 1.29 is 14.4 Å². The first-order valence-electron chi connectivity index (χ1n) is 9.78. The highest BCUT2D eigenvalue weighted by molar-refractivity contribution is 6.09. The molecule has 1 fully saturated rings. The van der Waals surface area contributed by atoms with Gasteiger partial charge >= 0.3 is 0 Å². The van der Waals surface area contributed by atoms with Gasteiger partial charge in [-0.1, -0.05) is 30.3 Å². The predicted octanol–water partition coefficient (Wildman–Crippen LogP) is 4.08. The van der Waals surface area contributed by atoms with Gasteiger partial charge in [0.2, 0.25) is 0 Å². The van der Waals surface area contributed by atoms with Gasteiger partial charge in [0.05, 0.1) is 11.3 Å². The van der Waals surface area contributed by atoms with Gasteiger partial charge in [0.1, 0.15) is 0 Å².